The third kappa shape index (κ3) is 3.99. The Morgan fingerprint density at radius 2 is 2.00 bits per heavy atom. The Kier molecular flexibility index (Phi) is 4.49. The highest BCUT2D eigenvalue weighted by Gasteiger charge is 2.32. The van der Waals surface area contributed by atoms with Crippen LogP contribution in [0.3, 0.4) is 0 Å². The molecule has 0 spiro atoms. The molecule has 3 aromatic heterocycles. The lowest BCUT2D eigenvalue weighted by atomic mass is 10.2. The highest BCUT2D eigenvalue weighted by molar-refractivity contribution is 7.99. The van der Waals surface area contributed by atoms with Gasteiger partial charge in [0.25, 0.3) is 0 Å². The van der Waals surface area contributed by atoms with Crippen molar-refractivity contribution in [3.63, 3.8) is 0 Å². The van der Waals surface area contributed by atoms with E-state index < -0.39 is 17.8 Å². The number of hydrogen-bond acceptors (Lipinski definition) is 6. The number of aliphatic carboxylic acids is 1. The van der Waals surface area contributed by atoms with Crippen molar-refractivity contribution in [2.24, 2.45) is 0 Å². The molecule has 25 heavy (non-hydrogen) atoms. The lowest BCUT2D eigenvalue weighted by Gasteiger charge is -2.05. The van der Waals surface area contributed by atoms with Gasteiger partial charge in [0.2, 0.25) is 5.16 Å². The fourth-order valence-electron chi connectivity index (χ4n) is 1.88. The van der Waals surface area contributed by atoms with Gasteiger partial charge >= 0.3 is 12.1 Å². The zero-order chi connectivity index (χ0) is 18.0. The van der Waals surface area contributed by atoms with Gasteiger partial charge in [-0.15, -0.1) is 5.10 Å². The quantitative estimate of drug-likeness (QED) is 0.664. The van der Waals surface area contributed by atoms with E-state index in [1.807, 2.05) is 0 Å². The molecule has 0 unspecified atom stereocenters. The van der Waals surface area contributed by atoms with Gasteiger partial charge in [-0.3, -0.25) is 14.9 Å². The Balaban J connectivity index is 1.77. The van der Waals surface area contributed by atoms with Crippen LogP contribution in [0.1, 0.15) is 5.69 Å². The maximum absolute atomic E-state index is 12.5. The molecule has 0 fully saturated rings. The Labute approximate surface area is 142 Å². The third-order valence-corrected chi connectivity index (χ3v) is 3.80. The first kappa shape index (κ1) is 17.0. The molecule has 2 N–H and O–H groups in total. The number of aromatic nitrogens is 4. The molecule has 3 aromatic rings. The number of alkyl halides is 3. The number of nitrogens with zero attached hydrogens (tertiary/aromatic N) is 3. The van der Waals surface area contributed by atoms with Crippen LogP contribution in [-0.2, 0) is 11.0 Å². The molecule has 0 amide bonds. The zero-order valence-electron chi connectivity index (χ0n) is 12.2. The van der Waals surface area contributed by atoms with E-state index in [9.17, 15) is 18.0 Å². The summed E-state index contributed by atoms with van der Waals surface area (Å²) in [5.41, 5.74) is -0.613. The summed E-state index contributed by atoms with van der Waals surface area (Å²) in [4.78, 5) is 18.0. The predicted octanol–water partition coefficient (Wildman–Crippen LogP) is 3.32. The highest BCUT2D eigenvalue weighted by atomic mass is 32.2. The largest absolute Gasteiger partial charge is 0.481 e. The molecule has 3 heterocycles. The van der Waals surface area contributed by atoms with E-state index >= 15 is 0 Å². The number of H-pyrrole nitrogens is 1. The van der Waals surface area contributed by atoms with E-state index in [0.29, 0.717) is 17.1 Å². The second kappa shape index (κ2) is 6.59. The standard InChI is InChI=1S/C14H9F3N4O3S/c15-14(16,17)10-4-1-7(5-18-10)8-2-3-9(24-8)12-19-13(21-20-12)25-6-11(22)23/h1-5H,6H2,(H,22,23)(H,19,20,21). The summed E-state index contributed by atoms with van der Waals surface area (Å²) in [6.45, 7) is 0. The summed E-state index contributed by atoms with van der Waals surface area (Å²) >= 11 is 0.940. The van der Waals surface area contributed by atoms with Crippen molar-refractivity contribution in [2.75, 3.05) is 5.75 Å². The minimum Gasteiger partial charge on any atom is -0.481 e. The van der Waals surface area contributed by atoms with Crippen LogP contribution in [0.4, 0.5) is 13.2 Å². The fraction of sp³-hybridized carbons (Fsp3) is 0.143. The minimum absolute atomic E-state index is 0.183. The first-order valence-electron chi connectivity index (χ1n) is 6.74. The predicted molar refractivity (Wildman–Crippen MR) is 80.7 cm³/mol. The molecule has 0 aliphatic carbocycles. The van der Waals surface area contributed by atoms with E-state index in [2.05, 4.69) is 20.2 Å². The van der Waals surface area contributed by atoms with Gasteiger partial charge in [0, 0.05) is 11.8 Å². The van der Waals surface area contributed by atoms with Gasteiger partial charge in [-0.05, 0) is 24.3 Å². The number of carbonyl (C=O) groups is 1. The topological polar surface area (TPSA) is 105 Å². The number of nitrogens with one attached hydrogen (secondary N) is 1. The molecule has 0 atom stereocenters. The molecule has 3 rings (SSSR count). The van der Waals surface area contributed by atoms with E-state index in [1.165, 1.54) is 6.07 Å². The van der Waals surface area contributed by atoms with Crippen molar-refractivity contribution in [1.82, 2.24) is 20.2 Å². The van der Waals surface area contributed by atoms with Crippen LogP contribution < -0.4 is 0 Å². The summed E-state index contributed by atoms with van der Waals surface area (Å²) in [5.74, 6) is -0.278. The Bertz CT molecular complexity index is 889. The van der Waals surface area contributed by atoms with Crippen molar-refractivity contribution in [3.05, 3.63) is 36.2 Å². The second-order valence-corrected chi connectivity index (χ2v) is 5.69. The zero-order valence-corrected chi connectivity index (χ0v) is 13.1. The molecular formula is C14H9F3N4O3S. The van der Waals surface area contributed by atoms with Crippen LogP contribution in [-0.4, -0.2) is 37.0 Å². The van der Waals surface area contributed by atoms with Gasteiger partial charge in [0.1, 0.15) is 11.5 Å². The minimum atomic E-state index is -4.50. The van der Waals surface area contributed by atoms with Crippen molar-refractivity contribution in [2.45, 2.75) is 11.3 Å². The molecule has 11 heteroatoms. The highest BCUT2D eigenvalue weighted by Crippen LogP contribution is 2.31. The Morgan fingerprint density at radius 3 is 2.64 bits per heavy atom. The van der Waals surface area contributed by atoms with Gasteiger partial charge in [-0.2, -0.15) is 18.2 Å². The number of hydrogen-bond donors (Lipinski definition) is 2. The van der Waals surface area contributed by atoms with Gasteiger partial charge in [0.15, 0.2) is 11.6 Å². The van der Waals surface area contributed by atoms with Crippen molar-refractivity contribution < 1.29 is 27.5 Å². The number of furan rings is 1. The lowest BCUT2D eigenvalue weighted by molar-refractivity contribution is -0.141. The Morgan fingerprint density at radius 1 is 1.24 bits per heavy atom. The Hall–Kier alpha value is -2.82. The van der Waals surface area contributed by atoms with E-state index in [4.69, 9.17) is 9.52 Å². The summed E-state index contributed by atoms with van der Waals surface area (Å²) in [5, 5.41) is 15.3. The fourth-order valence-corrected chi connectivity index (χ4v) is 2.39. The average Bonchev–Trinajstić information content (AvgIpc) is 3.21. The van der Waals surface area contributed by atoms with E-state index in [-0.39, 0.29) is 16.7 Å². The number of aromatic amines is 1. The summed E-state index contributed by atoms with van der Waals surface area (Å²) in [7, 11) is 0. The third-order valence-electron chi connectivity index (χ3n) is 2.97. The molecule has 0 aliphatic rings. The maximum Gasteiger partial charge on any atom is 0.433 e. The molecule has 0 bridgehead atoms. The molecule has 0 aromatic carbocycles. The molecular weight excluding hydrogens is 361 g/mol. The normalized spacial score (nSPS) is 11.6. The van der Waals surface area contributed by atoms with Crippen LogP contribution >= 0.6 is 11.8 Å². The van der Waals surface area contributed by atoms with Crippen LogP contribution in [0.5, 0.6) is 0 Å². The van der Waals surface area contributed by atoms with Gasteiger partial charge in [-0.25, -0.2) is 0 Å². The van der Waals surface area contributed by atoms with E-state index in [0.717, 1.165) is 24.0 Å². The average molecular weight is 370 g/mol. The van der Waals surface area contributed by atoms with Crippen LogP contribution in [0.15, 0.2) is 40.0 Å². The molecule has 0 saturated carbocycles. The molecule has 7 nitrogen and oxygen atoms in total. The monoisotopic (exact) mass is 370 g/mol. The van der Waals surface area contributed by atoms with E-state index in [1.54, 1.807) is 12.1 Å². The molecule has 0 aliphatic heterocycles. The molecule has 0 saturated heterocycles. The lowest BCUT2D eigenvalue weighted by Crippen LogP contribution is -2.07. The molecule has 130 valence electrons. The SMILES string of the molecule is O=C(O)CSc1n[nH]c(-c2ccc(-c3ccc(C(F)(F)F)nc3)o2)n1. The first-order chi connectivity index (χ1) is 11.8. The van der Waals surface area contributed by atoms with Gasteiger partial charge in [-0.1, -0.05) is 11.8 Å². The number of rotatable bonds is 5. The second-order valence-electron chi connectivity index (χ2n) is 4.74. The summed E-state index contributed by atoms with van der Waals surface area (Å²) < 4.78 is 43.1. The first-order valence-corrected chi connectivity index (χ1v) is 7.72. The number of thioether (sulfide) groups is 1. The van der Waals surface area contributed by atoms with Crippen LogP contribution in [0, 0.1) is 0 Å². The summed E-state index contributed by atoms with van der Waals surface area (Å²) in [6, 6.07) is 5.25. The number of halogens is 3. The number of pyridine rings is 1. The number of carboxylic acids is 1. The van der Waals surface area contributed by atoms with Crippen LogP contribution in [0.2, 0.25) is 0 Å². The van der Waals surface area contributed by atoms with Crippen LogP contribution in [0.25, 0.3) is 22.9 Å². The van der Waals surface area contributed by atoms with Crippen molar-refractivity contribution >= 4 is 17.7 Å². The number of carboxylic acid groups (broad SMARTS) is 1. The maximum atomic E-state index is 12.5. The van der Waals surface area contributed by atoms with Gasteiger partial charge < -0.3 is 9.52 Å². The van der Waals surface area contributed by atoms with Crippen molar-refractivity contribution in [3.8, 4) is 22.9 Å². The smallest absolute Gasteiger partial charge is 0.433 e. The van der Waals surface area contributed by atoms with Crippen molar-refractivity contribution in [1.29, 1.82) is 0 Å². The summed E-state index contributed by atoms with van der Waals surface area (Å²) in [6.07, 6.45) is -3.43. The van der Waals surface area contributed by atoms with Gasteiger partial charge in [0.05, 0.1) is 5.75 Å². The molecule has 0 radical (unpaired) electrons.